The van der Waals surface area contributed by atoms with Crippen molar-refractivity contribution in [3.63, 3.8) is 0 Å². The molecule has 2 aliphatic rings. The second kappa shape index (κ2) is 9.07. The monoisotopic (exact) mass is 505 g/mol. The Morgan fingerprint density at radius 2 is 1.81 bits per heavy atom. The fraction of sp³-hybridized carbons (Fsp3) is 0.308. The molecule has 0 bridgehead atoms. The summed E-state index contributed by atoms with van der Waals surface area (Å²) in [6, 6.07) is 9.14. The van der Waals surface area contributed by atoms with Gasteiger partial charge in [-0.05, 0) is 55.5 Å². The second-order valence-corrected chi connectivity index (χ2v) is 9.68. The van der Waals surface area contributed by atoms with E-state index >= 15 is 0 Å². The lowest BCUT2D eigenvalue weighted by Gasteiger charge is -2.23. The van der Waals surface area contributed by atoms with Gasteiger partial charge in [0, 0.05) is 43.3 Å². The number of amides is 1. The topological polar surface area (TPSA) is 111 Å². The molecule has 4 aromatic rings. The van der Waals surface area contributed by atoms with Gasteiger partial charge in [0.15, 0.2) is 11.6 Å². The van der Waals surface area contributed by atoms with E-state index in [2.05, 4.69) is 15.3 Å². The highest BCUT2D eigenvalue weighted by Gasteiger charge is 2.27. The van der Waals surface area contributed by atoms with Crippen LogP contribution in [0.4, 0.5) is 20.2 Å². The lowest BCUT2D eigenvalue weighted by Crippen LogP contribution is -2.28. The van der Waals surface area contributed by atoms with E-state index in [1.165, 1.54) is 25.0 Å². The third kappa shape index (κ3) is 4.46. The van der Waals surface area contributed by atoms with Crippen LogP contribution in [0.25, 0.3) is 16.6 Å². The van der Waals surface area contributed by atoms with Crippen molar-refractivity contribution < 1.29 is 13.6 Å². The predicted octanol–water partition coefficient (Wildman–Crippen LogP) is 3.06. The van der Waals surface area contributed by atoms with Crippen molar-refractivity contribution in [3.05, 3.63) is 76.3 Å². The van der Waals surface area contributed by atoms with Crippen molar-refractivity contribution in [2.45, 2.75) is 31.8 Å². The minimum Gasteiger partial charge on any atom is -0.368 e. The Labute approximate surface area is 210 Å². The first-order valence-electron chi connectivity index (χ1n) is 12.2. The summed E-state index contributed by atoms with van der Waals surface area (Å²) >= 11 is 0. The summed E-state index contributed by atoms with van der Waals surface area (Å²) < 4.78 is 31.2. The molecule has 2 aromatic carbocycles. The lowest BCUT2D eigenvalue weighted by atomic mass is 10.1. The molecule has 1 atom stereocenters. The van der Waals surface area contributed by atoms with Crippen molar-refractivity contribution in [2.24, 2.45) is 11.7 Å². The van der Waals surface area contributed by atoms with Gasteiger partial charge < -0.3 is 16.0 Å². The number of nitrogens with zero attached hydrogens (tertiary/aromatic N) is 5. The molecule has 1 saturated carbocycles. The summed E-state index contributed by atoms with van der Waals surface area (Å²) in [5, 5.41) is 12.5. The fourth-order valence-corrected chi connectivity index (χ4v) is 4.79. The van der Waals surface area contributed by atoms with Gasteiger partial charge in [0.2, 0.25) is 0 Å². The van der Waals surface area contributed by atoms with Crippen molar-refractivity contribution in [1.82, 2.24) is 19.6 Å². The molecule has 37 heavy (non-hydrogen) atoms. The summed E-state index contributed by atoms with van der Waals surface area (Å²) in [5.41, 5.74) is 6.77. The minimum absolute atomic E-state index is 0.0150. The summed E-state index contributed by atoms with van der Waals surface area (Å²) in [4.78, 5) is 27.8. The van der Waals surface area contributed by atoms with Crippen molar-refractivity contribution in [1.29, 1.82) is 0 Å². The van der Waals surface area contributed by atoms with Crippen molar-refractivity contribution in [3.8, 4) is 5.69 Å². The zero-order chi connectivity index (χ0) is 25.7. The van der Waals surface area contributed by atoms with Crippen LogP contribution in [0.15, 0.2) is 53.5 Å². The van der Waals surface area contributed by atoms with Crippen LogP contribution in [-0.2, 0) is 6.54 Å². The normalized spacial score (nSPS) is 17.5. The van der Waals surface area contributed by atoms with Gasteiger partial charge in [-0.3, -0.25) is 14.3 Å². The zero-order valence-corrected chi connectivity index (χ0v) is 19.9. The fourth-order valence-electron chi connectivity index (χ4n) is 4.79. The average molecular weight is 506 g/mol. The van der Waals surface area contributed by atoms with Crippen LogP contribution in [0.3, 0.4) is 0 Å². The molecule has 190 valence electrons. The molecule has 11 heteroatoms. The molecule has 1 amide bonds. The molecule has 0 unspecified atom stereocenters. The zero-order valence-electron chi connectivity index (χ0n) is 19.9. The van der Waals surface area contributed by atoms with Crippen LogP contribution in [0, 0.1) is 17.6 Å². The van der Waals surface area contributed by atoms with E-state index < -0.39 is 28.8 Å². The molecule has 3 heterocycles. The Morgan fingerprint density at radius 3 is 2.51 bits per heavy atom. The SMILES string of the molecule is N[C@@H]1CCN(c2c(NC(=O)c3ccc(=O)n(-c4c(F)cccc4F)n3)ccc3nn(CC4CC4)cc23)C1. The van der Waals surface area contributed by atoms with Crippen LogP contribution in [0.5, 0.6) is 0 Å². The van der Waals surface area contributed by atoms with E-state index in [1.54, 1.807) is 6.07 Å². The molecule has 1 aliphatic heterocycles. The lowest BCUT2D eigenvalue weighted by molar-refractivity contribution is 0.102. The number of benzene rings is 2. The van der Waals surface area contributed by atoms with Crippen molar-refractivity contribution >= 4 is 28.2 Å². The molecule has 6 rings (SSSR count). The van der Waals surface area contributed by atoms with Gasteiger partial charge >= 0.3 is 0 Å². The number of hydrogen-bond acceptors (Lipinski definition) is 6. The molecule has 0 spiro atoms. The maximum absolute atomic E-state index is 14.3. The van der Waals surface area contributed by atoms with E-state index in [1.807, 2.05) is 16.9 Å². The Kier molecular flexibility index (Phi) is 5.71. The molecule has 0 radical (unpaired) electrons. The Balaban J connectivity index is 1.37. The molecular weight excluding hydrogens is 480 g/mol. The number of aromatic nitrogens is 4. The first-order valence-corrected chi connectivity index (χ1v) is 12.2. The van der Waals surface area contributed by atoms with E-state index in [4.69, 9.17) is 10.8 Å². The van der Waals surface area contributed by atoms with Gasteiger partial charge in [-0.2, -0.15) is 14.9 Å². The molecule has 1 saturated heterocycles. The molecule has 3 N–H and O–H groups in total. The number of nitrogens with one attached hydrogen (secondary N) is 1. The van der Waals surface area contributed by atoms with Gasteiger partial charge in [0.25, 0.3) is 11.5 Å². The Morgan fingerprint density at radius 1 is 1.03 bits per heavy atom. The number of carbonyl (C=O) groups excluding carboxylic acids is 1. The third-order valence-electron chi connectivity index (χ3n) is 6.82. The highest BCUT2D eigenvalue weighted by atomic mass is 19.1. The molecule has 2 fully saturated rings. The summed E-state index contributed by atoms with van der Waals surface area (Å²) in [6.45, 7) is 2.21. The van der Waals surface area contributed by atoms with Gasteiger partial charge in [-0.1, -0.05) is 6.07 Å². The predicted molar refractivity (Wildman–Crippen MR) is 135 cm³/mol. The largest absolute Gasteiger partial charge is 0.368 e. The standard InChI is InChI=1S/C26H25F2N7O2/c27-18-2-1-3-19(28)25(18)35-23(36)9-8-22(32-35)26(37)30-21-7-6-20-17(14-34(31-20)12-15-4-5-15)24(21)33-11-10-16(29)13-33/h1-3,6-9,14-16H,4-5,10-13,29H2,(H,30,37)/t16-/m1/s1. The Hall–Kier alpha value is -4.12. The molecular formula is C26H25F2N7O2. The maximum Gasteiger partial charge on any atom is 0.276 e. The number of anilines is 2. The number of fused-ring (bicyclic) bond motifs is 1. The first-order chi connectivity index (χ1) is 17.9. The van der Waals surface area contributed by atoms with Crippen LogP contribution in [0.1, 0.15) is 29.8 Å². The molecule has 9 nitrogen and oxygen atoms in total. The van der Waals surface area contributed by atoms with Gasteiger partial charge in [0.05, 0.1) is 16.9 Å². The van der Waals surface area contributed by atoms with Crippen LogP contribution < -0.4 is 21.5 Å². The van der Waals surface area contributed by atoms with E-state index in [0.717, 1.165) is 54.3 Å². The number of carbonyl (C=O) groups is 1. The number of rotatable bonds is 6. The van der Waals surface area contributed by atoms with Crippen LogP contribution >= 0.6 is 0 Å². The Bertz CT molecular complexity index is 1560. The number of para-hydroxylation sites is 1. The highest BCUT2D eigenvalue weighted by Crippen LogP contribution is 2.37. The van der Waals surface area contributed by atoms with E-state index in [-0.39, 0.29) is 11.7 Å². The van der Waals surface area contributed by atoms with E-state index in [0.29, 0.717) is 22.8 Å². The number of hydrogen-bond donors (Lipinski definition) is 2. The van der Waals surface area contributed by atoms with Crippen LogP contribution in [0.2, 0.25) is 0 Å². The van der Waals surface area contributed by atoms with Crippen LogP contribution in [-0.4, -0.2) is 44.6 Å². The van der Waals surface area contributed by atoms with Gasteiger partial charge in [0.1, 0.15) is 11.4 Å². The van der Waals surface area contributed by atoms with E-state index in [9.17, 15) is 18.4 Å². The number of halogens is 2. The molecule has 2 aromatic heterocycles. The smallest absolute Gasteiger partial charge is 0.276 e. The third-order valence-corrected chi connectivity index (χ3v) is 6.82. The van der Waals surface area contributed by atoms with Gasteiger partial charge in [-0.25, -0.2) is 8.78 Å². The maximum atomic E-state index is 14.3. The van der Waals surface area contributed by atoms with Crippen molar-refractivity contribution in [2.75, 3.05) is 23.3 Å². The summed E-state index contributed by atoms with van der Waals surface area (Å²) in [5.74, 6) is -1.90. The van der Waals surface area contributed by atoms with Gasteiger partial charge in [-0.15, -0.1) is 0 Å². The quantitative estimate of drug-likeness (QED) is 0.417. The minimum atomic E-state index is -0.964. The second-order valence-electron chi connectivity index (χ2n) is 9.68. The summed E-state index contributed by atoms with van der Waals surface area (Å²) in [7, 11) is 0. The average Bonchev–Trinajstić information content (AvgIpc) is 3.42. The summed E-state index contributed by atoms with van der Waals surface area (Å²) in [6.07, 6.45) is 5.23. The number of nitrogens with two attached hydrogens (primary N) is 1. The first kappa shape index (κ1) is 23.3. The highest BCUT2D eigenvalue weighted by molar-refractivity contribution is 6.08. The molecule has 1 aliphatic carbocycles.